The molecule has 3 aromatic carbocycles. The maximum absolute atomic E-state index is 13.0. The lowest BCUT2D eigenvalue weighted by Gasteiger charge is -2.16. The normalized spacial score (nSPS) is 14.2. The molecule has 0 aliphatic carbocycles. The fraction of sp³-hybridized carbons (Fsp3) is 0.0870. The average molecular weight is 370 g/mol. The van der Waals surface area contributed by atoms with Gasteiger partial charge in [0, 0.05) is 5.56 Å². The minimum atomic E-state index is -0.774. The van der Waals surface area contributed by atoms with E-state index in [1.54, 1.807) is 11.0 Å². The summed E-state index contributed by atoms with van der Waals surface area (Å²) in [5, 5.41) is 0. The van der Waals surface area contributed by atoms with Crippen molar-refractivity contribution in [3.05, 3.63) is 102 Å². The summed E-state index contributed by atoms with van der Waals surface area (Å²) in [4.78, 5) is 30.8. The van der Waals surface area contributed by atoms with E-state index in [2.05, 4.69) is 4.99 Å². The number of hydrogen-bond acceptors (Lipinski definition) is 3. The highest BCUT2D eigenvalue weighted by atomic mass is 16.5. The highest BCUT2D eigenvalue weighted by Crippen LogP contribution is 2.30. The van der Waals surface area contributed by atoms with Crippen LogP contribution in [0.1, 0.15) is 16.7 Å². The molecule has 0 saturated carbocycles. The molecule has 4 rings (SSSR count). The van der Waals surface area contributed by atoms with Crippen LogP contribution in [0.4, 0.5) is 10.5 Å². The second-order valence-corrected chi connectivity index (χ2v) is 6.39. The average Bonchev–Trinajstić information content (AvgIpc) is 3.00. The third kappa shape index (κ3) is 3.69. The molecule has 0 N–H and O–H groups in total. The van der Waals surface area contributed by atoms with Crippen LogP contribution in [0.3, 0.4) is 0 Å². The van der Waals surface area contributed by atoms with Crippen LogP contribution >= 0.6 is 0 Å². The number of carbonyl (C=O) groups excluding carboxylic acids is 2. The highest BCUT2D eigenvalue weighted by molar-refractivity contribution is 6.55. The first-order valence-corrected chi connectivity index (χ1v) is 8.97. The van der Waals surface area contributed by atoms with Crippen LogP contribution in [0.15, 0.2) is 89.9 Å². The molecule has 1 heterocycles. The molecule has 0 fully saturated rings. The van der Waals surface area contributed by atoms with Crippen LogP contribution in [-0.2, 0) is 22.7 Å². The number of rotatable bonds is 4. The zero-order valence-electron chi connectivity index (χ0n) is 15.1. The molecule has 0 saturated heterocycles. The van der Waals surface area contributed by atoms with Gasteiger partial charge in [0.1, 0.15) is 12.3 Å². The smallest absolute Gasteiger partial charge is 0.434 e. The number of nitrogens with zero attached hydrogens (tertiary/aromatic N) is 2. The Bertz CT molecular complexity index is 1030. The van der Waals surface area contributed by atoms with Crippen molar-refractivity contribution in [1.29, 1.82) is 0 Å². The molecule has 1 aliphatic rings. The van der Waals surface area contributed by atoms with Gasteiger partial charge in [-0.3, -0.25) is 4.79 Å². The SMILES string of the molecule is O=C(/N=C1/C(=O)N(Cc2ccccc2)c2ccccc21)OCc1ccccc1. The molecule has 0 radical (unpaired) electrons. The van der Waals surface area contributed by atoms with Crippen LogP contribution in [0, 0.1) is 0 Å². The number of hydrogen-bond donors (Lipinski definition) is 0. The number of fused-ring (bicyclic) bond motifs is 1. The van der Waals surface area contributed by atoms with Gasteiger partial charge < -0.3 is 9.64 Å². The summed E-state index contributed by atoms with van der Waals surface area (Å²) >= 11 is 0. The van der Waals surface area contributed by atoms with E-state index in [-0.39, 0.29) is 18.2 Å². The molecule has 3 aromatic rings. The Kier molecular flexibility index (Phi) is 4.97. The molecular weight excluding hydrogens is 352 g/mol. The van der Waals surface area contributed by atoms with Crippen molar-refractivity contribution in [2.24, 2.45) is 4.99 Å². The van der Waals surface area contributed by atoms with Crippen molar-refractivity contribution in [2.45, 2.75) is 13.2 Å². The lowest BCUT2D eigenvalue weighted by atomic mass is 10.1. The van der Waals surface area contributed by atoms with Gasteiger partial charge in [-0.25, -0.2) is 4.79 Å². The van der Waals surface area contributed by atoms with E-state index in [4.69, 9.17) is 4.74 Å². The first-order valence-electron chi connectivity index (χ1n) is 8.97. The van der Waals surface area contributed by atoms with Gasteiger partial charge in [0.25, 0.3) is 5.91 Å². The van der Waals surface area contributed by atoms with Crippen molar-refractivity contribution in [3.63, 3.8) is 0 Å². The van der Waals surface area contributed by atoms with Crippen LogP contribution in [0.25, 0.3) is 0 Å². The molecule has 0 unspecified atom stereocenters. The number of ether oxygens (including phenoxy) is 1. The van der Waals surface area contributed by atoms with Gasteiger partial charge in [-0.1, -0.05) is 78.9 Å². The zero-order valence-corrected chi connectivity index (χ0v) is 15.1. The molecule has 28 heavy (non-hydrogen) atoms. The lowest BCUT2D eigenvalue weighted by Crippen LogP contribution is -2.30. The second kappa shape index (κ2) is 7.88. The number of aliphatic imine (C=N–C) groups is 1. The maximum Gasteiger partial charge on any atom is 0.434 e. The van der Waals surface area contributed by atoms with Gasteiger partial charge in [0.05, 0.1) is 12.2 Å². The van der Waals surface area contributed by atoms with Crippen LogP contribution in [0.2, 0.25) is 0 Å². The van der Waals surface area contributed by atoms with Gasteiger partial charge in [-0.2, -0.15) is 4.99 Å². The van der Waals surface area contributed by atoms with Gasteiger partial charge in [-0.15, -0.1) is 0 Å². The topological polar surface area (TPSA) is 59.0 Å². The van der Waals surface area contributed by atoms with Crippen LogP contribution < -0.4 is 4.90 Å². The predicted octanol–water partition coefficient (Wildman–Crippen LogP) is 4.36. The Balaban J connectivity index is 1.56. The highest BCUT2D eigenvalue weighted by Gasteiger charge is 2.34. The van der Waals surface area contributed by atoms with Crippen molar-refractivity contribution < 1.29 is 14.3 Å². The van der Waals surface area contributed by atoms with Gasteiger partial charge in [0.15, 0.2) is 0 Å². The fourth-order valence-corrected chi connectivity index (χ4v) is 3.14. The molecule has 5 nitrogen and oxygen atoms in total. The molecule has 0 bridgehead atoms. The quantitative estimate of drug-likeness (QED) is 0.686. The van der Waals surface area contributed by atoms with Gasteiger partial charge in [0.2, 0.25) is 0 Å². The van der Waals surface area contributed by atoms with Crippen molar-refractivity contribution in [1.82, 2.24) is 0 Å². The zero-order chi connectivity index (χ0) is 19.3. The monoisotopic (exact) mass is 370 g/mol. The molecule has 1 aliphatic heterocycles. The van der Waals surface area contributed by atoms with Crippen LogP contribution in [0.5, 0.6) is 0 Å². The molecule has 0 atom stereocenters. The molecular formula is C23H18N2O3. The molecule has 5 heteroatoms. The predicted molar refractivity (Wildman–Crippen MR) is 107 cm³/mol. The second-order valence-electron chi connectivity index (χ2n) is 6.39. The van der Waals surface area contributed by atoms with Crippen LogP contribution in [-0.4, -0.2) is 17.7 Å². The minimum Gasteiger partial charge on any atom is -0.443 e. The summed E-state index contributed by atoms with van der Waals surface area (Å²) in [7, 11) is 0. The van der Waals surface area contributed by atoms with E-state index in [1.807, 2.05) is 78.9 Å². The van der Waals surface area contributed by atoms with Gasteiger partial charge >= 0.3 is 6.09 Å². The maximum atomic E-state index is 13.0. The third-order valence-corrected chi connectivity index (χ3v) is 4.49. The summed E-state index contributed by atoms with van der Waals surface area (Å²) in [5.41, 5.74) is 3.36. The Morgan fingerprint density at radius 1 is 0.821 bits per heavy atom. The minimum absolute atomic E-state index is 0.111. The van der Waals surface area contributed by atoms with E-state index in [0.29, 0.717) is 12.1 Å². The summed E-state index contributed by atoms with van der Waals surface area (Å²) < 4.78 is 5.21. The number of benzene rings is 3. The lowest BCUT2D eigenvalue weighted by molar-refractivity contribution is -0.112. The summed E-state index contributed by atoms with van der Waals surface area (Å²) in [5.74, 6) is -0.304. The standard InChI is InChI=1S/C23H18N2O3/c26-22-21(24-23(27)28-16-18-11-5-2-6-12-18)19-13-7-8-14-20(19)25(22)15-17-9-3-1-4-10-17/h1-14H,15-16H2/b24-21+. The van der Waals surface area contributed by atoms with Crippen molar-refractivity contribution in [3.8, 4) is 0 Å². The summed E-state index contributed by atoms with van der Waals surface area (Å²) in [6, 6.07) is 26.4. The van der Waals surface area contributed by atoms with E-state index in [9.17, 15) is 9.59 Å². The van der Waals surface area contributed by atoms with E-state index < -0.39 is 6.09 Å². The Hall–Kier alpha value is -3.73. The fourth-order valence-electron chi connectivity index (χ4n) is 3.14. The number of carbonyl (C=O) groups is 2. The van der Waals surface area contributed by atoms with E-state index in [0.717, 1.165) is 16.8 Å². The van der Waals surface area contributed by atoms with Gasteiger partial charge in [-0.05, 0) is 17.2 Å². The third-order valence-electron chi connectivity index (χ3n) is 4.49. The number of amides is 2. The first-order chi connectivity index (χ1) is 13.7. The Morgan fingerprint density at radius 2 is 1.43 bits per heavy atom. The first kappa shape index (κ1) is 17.7. The number of para-hydroxylation sites is 1. The van der Waals surface area contributed by atoms with Crippen molar-refractivity contribution >= 4 is 23.4 Å². The molecule has 0 aromatic heterocycles. The molecule has 0 spiro atoms. The van der Waals surface area contributed by atoms with E-state index >= 15 is 0 Å². The largest absolute Gasteiger partial charge is 0.443 e. The Labute approximate surface area is 162 Å². The molecule has 2 amide bonds. The van der Waals surface area contributed by atoms with Crippen molar-refractivity contribution in [2.75, 3.05) is 4.90 Å². The van der Waals surface area contributed by atoms with E-state index in [1.165, 1.54) is 0 Å². The Morgan fingerprint density at radius 3 is 2.14 bits per heavy atom. The summed E-state index contributed by atoms with van der Waals surface area (Å²) in [6.45, 7) is 0.523. The summed E-state index contributed by atoms with van der Waals surface area (Å²) in [6.07, 6.45) is -0.774. The molecule has 138 valence electrons. The number of anilines is 1.